The molecular formula is C28H16O3. The topological polar surface area (TPSA) is 54.4 Å². The van der Waals surface area contributed by atoms with E-state index in [9.17, 15) is 14.7 Å². The number of allylic oxidation sites excluding steroid dienone is 2. The molecule has 0 saturated heterocycles. The highest BCUT2D eigenvalue weighted by Crippen LogP contribution is 2.47. The van der Waals surface area contributed by atoms with Gasteiger partial charge in [0.05, 0.1) is 0 Å². The SMILES string of the molecule is CC1=Cc2ccc3c4ccc5c6c(ccc(c7ccc(c2c37)C1=O)c64)C(O)=C(C)C5=O. The molecule has 2 aliphatic rings. The molecule has 3 heteroatoms. The molecule has 0 amide bonds. The van der Waals surface area contributed by atoms with Gasteiger partial charge in [-0.2, -0.15) is 0 Å². The van der Waals surface area contributed by atoms with Gasteiger partial charge >= 0.3 is 0 Å². The summed E-state index contributed by atoms with van der Waals surface area (Å²) in [7, 11) is 0. The molecule has 0 spiro atoms. The molecule has 0 fully saturated rings. The van der Waals surface area contributed by atoms with Crippen LogP contribution in [0.2, 0.25) is 0 Å². The fourth-order valence-electron chi connectivity index (χ4n) is 5.63. The van der Waals surface area contributed by atoms with E-state index in [1.807, 2.05) is 49.4 Å². The first-order valence-corrected chi connectivity index (χ1v) is 10.4. The largest absolute Gasteiger partial charge is 0.507 e. The molecule has 7 rings (SSSR count). The average Bonchev–Trinajstić information content (AvgIpc) is 2.79. The van der Waals surface area contributed by atoms with Crippen molar-refractivity contribution < 1.29 is 14.7 Å². The first kappa shape index (κ1) is 16.8. The second kappa shape index (κ2) is 5.19. The Morgan fingerprint density at radius 1 is 0.581 bits per heavy atom. The zero-order valence-electron chi connectivity index (χ0n) is 17.0. The zero-order valence-corrected chi connectivity index (χ0v) is 17.0. The van der Waals surface area contributed by atoms with Gasteiger partial charge in [0.2, 0.25) is 0 Å². The summed E-state index contributed by atoms with van der Waals surface area (Å²) in [6, 6.07) is 16.0. The van der Waals surface area contributed by atoms with Crippen LogP contribution < -0.4 is 0 Å². The van der Waals surface area contributed by atoms with Crippen molar-refractivity contribution in [3.8, 4) is 0 Å². The normalized spacial score (nSPS) is 15.7. The minimum absolute atomic E-state index is 0.0588. The molecular weight excluding hydrogens is 384 g/mol. The summed E-state index contributed by atoms with van der Waals surface area (Å²) in [5.74, 6) is 0.00257. The molecule has 0 aromatic heterocycles. The molecule has 1 N–H and O–H groups in total. The maximum absolute atomic E-state index is 12.9. The summed E-state index contributed by atoms with van der Waals surface area (Å²) in [4.78, 5) is 25.8. The van der Waals surface area contributed by atoms with Crippen molar-refractivity contribution in [2.45, 2.75) is 13.8 Å². The van der Waals surface area contributed by atoms with Gasteiger partial charge in [-0.05, 0) is 81.6 Å². The van der Waals surface area contributed by atoms with Crippen LogP contribution in [-0.4, -0.2) is 16.7 Å². The summed E-state index contributed by atoms with van der Waals surface area (Å²) in [6.45, 7) is 3.53. The van der Waals surface area contributed by atoms with Crippen LogP contribution in [0.15, 0.2) is 59.7 Å². The molecule has 5 aromatic rings. The third-order valence-electron chi connectivity index (χ3n) is 7.10. The zero-order chi connectivity index (χ0) is 21.2. The van der Waals surface area contributed by atoms with Crippen molar-refractivity contribution in [3.63, 3.8) is 0 Å². The predicted octanol–water partition coefficient (Wildman–Crippen LogP) is 6.82. The maximum atomic E-state index is 12.9. The molecule has 0 heterocycles. The van der Waals surface area contributed by atoms with E-state index in [2.05, 4.69) is 12.1 Å². The number of hydrogen-bond donors (Lipinski definition) is 1. The average molecular weight is 400 g/mol. The molecule has 0 radical (unpaired) electrons. The van der Waals surface area contributed by atoms with Crippen molar-refractivity contribution in [1.29, 1.82) is 0 Å². The highest BCUT2D eigenvalue weighted by molar-refractivity contribution is 6.39. The van der Waals surface area contributed by atoms with E-state index in [1.54, 1.807) is 6.92 Å². The van der Waals surface area contributed by atoms with E-state index in [0.717, 1.165) is 59.8 Å². The van der Waals surface area contributed by atoms with Gasteiger partial charge in [-0.3, -0.25) is 9.59 Å². The quantitative estimate of drug-likeness (QED) is 0.229. The lowest BCUT2D eigenvalue weighted by molar-refractivity contribution is 0.102. The Labute approximate surface area is 177 Å². The van der Waals surface area contributed by atoms with Crippen molar-refractivity contribution in [3.05, 3.63) is 81.9 Å². The Hall–Kier alpha value is -3.98. The highest BCUT2D eigenvalue weighted by atomic mass is 16.3. The van der Waals surface area contributed by atoms with E-state index >= 15 is 0 Å². The summed E-state index contributed by atoms with van der Waals surface area (Å²) < 4.78 is 0. The van der Waals surface area contributed by atoms with Gasteiger partial charge in [0.1, 0.15) is 5.76 Å². The Bertz CT molecular complexity index is 1760. The summed E-state index contributed by atoms with van der Waals surface area (Å²) in [5, 5.41) is 18.8. The number of carbonyl (C=O) groups excluding carboxylic acids is 2. The van der Waals surface area contributed by atoms with Crippen LogP contribution in [0, 0.1) is 0 Å². The van der Waals surface area contributed by atoms with Crippen LogP contribution in [0.3, 0.4) is 0 Å². The molecule has 146 valence electrons. The van der Waals surface area contributed by atoms with Gasteiger partial charge in [-0.25, -0.2) is 0 Å². The Kier molecular flexibility index (Phi) is 2.81. The number of carbonyl (C=O) groups is 2. The van der Waals surface area contributed by atoms with Gasteiger partial charge in [-0.15, -0.1) is 0 Å². The van der Waals surface area contributed by atoms with Crippen LogP contribution >= 0.6 is 0 Å². The summed E-state index contributed by atoms with van der Waals surface area (Å²) in [6.07, 6.45) is 1.97. The third kappa shape index (κ3) is 1.77. The number of aliphatic hydroxyl groups is 1. The summed E-state index contributed by atoms with van der Waals surface area (Å²) in [5.41, 5.74) is 4.28. The van der Waals surface area contributed by atoms with E-state index in [0.29, 0.717) is 16.7 Å². The molecule has 0 saturated carbocycles. The Morgan fingerprint density at radius 2 is 1.10 bits per heavy atom. The van der Waals surface area contributed by atoms with Gasteiger partial charge < -0.3 is 5.11 Å². The number of aliphatic hydroxyl groups excluding tert-OH is 1. The van der Waals surface area contributed by atoms with E-state index in [-0.39, 0.29) is 17.3 Å². The van der Waals surface area contributed by atoms with Crippen molar-refractivity contribution in [2.24, 2.45) is 0 Å². The molecule has 3 nitrogen and oxygen atoms in total. The number of Topliss-reactive ketones (excluding diaryl/α,β-unsaturated/α-hetero) is 2. The molecule has 0 aliphatic heterocycles. The fourth-order valence-corrected chi connectivity index (χ4v) is 5.63. The molecule has 2 aliphatic carbocycles. The minimum atomic E-state index is -0.129. The van der Waals surface area contributed by atoms with Gasteiger partial charge in [0.15, 0.2) is 11.6 Å². The first-order chi connectivity index (χ1) is 15.0. The number of benzene rings is 5. The highest BCUT2D eigenvalue weighted by Gasteiger charge is 2.28. The van der Waals surface area contributed by atoms with Crippen LogP contribution in [-0.2, 0) is 0 Å². The monoisotopic (exact) mass is 400 g/mol. The number of hydrogen-bond acceptors (Lipinski definition) is 3. The molecule has 5 aromatic carbocycles. The van der Waals surface area contributed by atoms with Gasteiger partial charge in [-0.1, -0.05) is 30.3 Å². The lowest BCUT2D eigenvalue weighted by Gasteiger charge is -2.23. The molecule has 0 unspecified atom stereocenters. The van der Waals surface area contributed by atoms with Crippen LogP contribution in [0.5, 0.6) is 0 Å². The van der Waals surface area contributed by atoms with Crippen LogP contribution in [0.1, 0.15) is 45.7 Å². The molecule has 31 heavy (non-hydrogen) atoms. The molecule has 0 atom stereocenters. The Balaban J connectivity index is 1.80. The van der Waals surface area contributed by atoms with Crippen molar-refractivity contribution in [1.82, 2.24) is 0 Å². The smallest absolute Gasteiger partial charge is 0.193 e. The van der Waals surface area contributed by atoms with E-state index in [4.69, 9.17) is 0 Å². The lowest BCUT2D eigenvalue weighted by Crippen LogP contribution is -2.11. The standard InChI is InChI=1S/C28H16O3/c1-12-11-14-3-4-15-17-6-9-20-25-21(28(31)13(2)27(20)30)10-7-18(24(17)25)16-5-8-19(26(12)29)22(14)23(15)16/h3-11,31H,1-2H3. The van der Waals surface area contributed by atoms with Gasteiger partial charge in [0.25, 0.3) is 0 Å². The second-order valence-corrected chi connectivity index (χ2v) is 8.64. The fraction of sp³-hybridized carbons (Fsp3) is 0.0714. The number of fused-ring (bicyclic) bond motifs is 2. The molecule has 0 bridgehead atoms. The van der Waals surface area contributed by atoms with Crippen LogP contribution in [0.25, 0.3) is 54.9 Å². The van der Waals surface area contributed by atoms with E-state index < -0.39 is 0 Å². The van der Waals surface area contributed by atoms with Crippen LogP contribution in [0.4, 0.5) is 0 Å². The minimum Gasteiger partial charge on any atom is -0.507 e. The summed E-state index contributed by atoms with van der Waals surface area (Å²) >= 11 is 0. The number of ketones is 2. The van der Waals surface area contributed by atoms with Gasteiger partial charge in [0, 0.05) is 33.0 Å². The van der Waals surface area contributed by atoms with Crippen molar-refractivity contribution in [2.75, 3.05) is 0 Å². The Morgan fingerprint density at radius 3 is 1.74 bits per heavy atom. The number of rotatable bonds is 0. The first-order valence-electron chi connectivity index (χ1n) is 10.4. The van der Waals surface area contributed by atoms with E-state index in [1.165, 1.54) is 0 Å². The predicted molar refractivity (Wildman–Crippen MR) is 125 cm³/mol. The second-order valence-electron chi connectivity index (χ2n) is 8.64. The maximum Gasteiger partial charge on any atom is 0.193 e. The van der Waals surface area contributed by atoms with Crippen molar-refractivity contribution >= 4 is 66.5 Å². The third-order valence-corrected chi connectivity index (χ3v) is 7.10. The lowest BCUT2D eigenvalue weighted by atomic mass is 9.79.